The maximum absolute atomic E-state index is 5.99. The van der Waals surface area contributed by atoms with Crippen molar-refractivity contribution in [2.75, 3.05) is 5.32 Å². The van der Waals surface area contributed by atoms with Crippen molar-refractivity contribution in [1.82, 2.24) is 9.55 Å². The molecule has 0 radical (unpaired) electrons. The number of imidazole rings is 1. The van der Waals surface area contributed by atoms with Crippen LogP contribution in [0.25, 0.3) is 5.69 Å². The highest BCUT2D eigenvalue weighted by Crippen LogP contribution is 2.27. The quantitative estimate of drug-likeness (QED) is 0.719. The van der Waals surface area contributed by atoms with Crippen molar-refractivity contribution in [3.63, 3.8) is 0 Å². The number of benzene rings is 2. The van der Waals surface area contributed by atoms with Gasteiger partial charge in [-0.05, 0) is 46.3 Å². The number of aromatic nitrogens is 2. The number of halogens is 2. The lowest BCUT2D eigenvalue weighted by molar-refractivity contribution is 1.06. The van der Waals surface area contributed by atoms with E-state index in [4.69, 9.17) is 11.6 Å². The van der Waals surface area contributed by atoms with Crippen molar-refractivity contribution in [1.29, 1.82) is 0 Å². The molecule has 0 amide bonds. The van der Waals surface area contributed by atoms with Crippen molar-refractivity contribution in [3.05, 3.63) is 70.4 Å². The van der Waals surface area contributed by atoms with E-state index >= 15 is 0 Å². The fraction of sp³-hybridized carbons (Fsp3) is 0. The molecule has 0 spiro atoms. The monoisotopic (exact) mass is 347 g/mol. The highest BCUT2D eigenvalue weighted by atomic mass is 79.9. The number of nitrogens with zero attached hydrogens (tertiary/aromatic N) is 2. The van der Waals surface area contributed by atoms with E-state index in [2.05, 4.69) is 26.2 Å². The summed E-state index contributed by atoms with van der Waals surface area (Å²) in [5, 5.41) is 3.96. The van der Waals surface area contributed by atoms with E-state index in [1.807, 2.05) is 59.3 Å². The number of rotatable bonds is 3. The van der Waals surface area contributed by atoms with E-state index in [0.29, 0.717) is 5.02 Å². The summed E-state index contributed by atoms with van der Waals surface area (Å²) in [6.07, 6.45) is 3.68. The molecule has 1 aromatic heterocycles. The molecule has 0 bridgehead atoms. The first-order valence-corrected chi connectivity index (χ1v) is 7.22. The van der Waals surface area contributed by atoms with Gasteiger partial charge in [0.1, 0.15) is 0 Å². The average molecular weight is 349 g/mol. The molecule has 5 heteroatoms. The highest BCUT2D eigenvalue weighted by Gasteiger charge is 2.06. The standard InChI is InChI=1S/C15H11BrClN3/c16-13-10-11(6-7-14(13)17)19-15-18-8-9-20(15)12-4-2-1-3-5-12/h1-10H,(H,18,19). The number of anilines is 2. The zero-order chi connectivity index (χ0) is 13.9. The minimum absolute atomic E-state index is 0.682. The summed E-state index contributed by atoms with van der Waals surface area (Å²) in [4.78, 5) is 4.34. The largest absolute Gasteiger partial charge is 0.325 e. The molecule has 0 saturated heterocycles. The van der Waals surface area contributed by atoms with Gasteiger partial charge in [0, 0.05) is 28.2 Å². The van der Waals surface area contributed by atoms with Gasteiger partial charge in [-0.3, -0.25) is 4.57 Å². The van der Waals surface area contributed by atoms with Crippen LogP contribution in [0.1, 0.15) is 0 Å². The van der Waals surface area contributed by atoms with Gasteiger partial charge in [0.15, 0.2) is 0 Å². The number of para-hydroxylation sites is 1. The molecule has 1 N–H and O–H groups in total. The van der Waals surface area contributed by atoms with Crippen LogP contribution in [0.5, 0.6) is 0 Å². The zero-order valence-corrected chi connectivity index (χ0v) is 12.8. The Morgan fingerprint density at radius 2 is 1.90 bits per heavy atom. The SMILES string of the molecule is Clc1ccc(Nc2nccn2-c2ccccc2)cc1Br. The van der Waals surface area contributed by atoms with Crippen LogP contribution >= 0.6 is 27.5 Å². The fourth-order valence-electron chi connectivity index (χ4n) is 1.90. The third-order valence-corrected chi connectivity index (χ3v) is 4.06. The highest BCUT2D eigenvalue weighted by molar-refractivity contribution is 9.10. The molecular formula is C15H11BrClN3. The van der Waals surface area contributed by atoms with Gasteiger partial charge >= 0.3 is 0 Å². The van der Waals surface area contributed by atoms with Crippen LogP contribution in [0.3, 0.4) is 0 Å². The fourth-order valence-corrected chi connectivity index (χ4v) is 2.39. The van der Waals surface area contributed by atoms with E-state index in [-0.39, 0.29) is 0 Å². The molecule has 3 rings (SSSR count). The summed E-state index contributed by atoms with van der Waals surface area (Å²) >= 11 is 9.41. The second-order valence-electron chi connectivity index (χ2n) is 4.21. The van der Waals surface area contributed by atoms with Gasteiger partial charge in [-0.15, -0.1) is 0 Å². The van der Waals surface area contributed by atoms with Crippen LogP contribution in [0.2, 0.25) is 5.02 Å². The lowest BCUT2D eigenvalue weighted by Crippen LogP contribution is -2.00. The molecule has 0 unspecified atom stereocenters. The van der Waals surface area contributed by atoms with Gasteiger partial charge in [-0.2, -0.15) is 0 Å². The first-order chi connectivity index (χ1) is 9.74. The Morgan fingerprint density at radius 3 is 2.65 bits per heavy atom. The maximum atomic E-state index is 5.99. The molecule has 3 aromatic rings. The zero-order valence-electron chi connectivity index (χ0n) is 10.4. The normalized spacial score (nSPS) is 10.5. The van der Waals surface area contributed by atoms with Crippen molar-refractivity contribution in [3.8, 4) is 5.69 Å². The minimum Gasteiger partial charge on any atom is -0.325 e. The molecule has 100 valence electrons. The average Bonchev–Trinajstić information content (AvgIpc) is 2.92. The molecule has 20 heavy (non-hydrogen) atoms. The van der Waals surface area contributed by atoms with Crippen molar-refractivity contribution in [2.45, 2.75) is 0 Å². The van der Waals surface area contributed by atoms with E-state index in [0.717, 1.165) is 21.8 Å². The lowest BCUT2D eigenvalue weighted by atomic mass is 10.3. The summed E-state index contributed by atoms with van der Waals surface area (Å²) in [6.45, 7) is 0. The molecule has 0 atom stereocenters. The number of nitrogens with one attached hydrogen (secondary N) is 1. The topological polar surface area (TPSA) is 29.9 Å². The Bertz CT molecular complexity index is 725. The molecule has 1 heterocycles. The molecule has 0 aliphatic carbocycles. The number of hydrogen-bond acceptors (Lipinski definition) is 2. The Balaban J connectivity index is 1.92. The molecule has 2 aromatic carbocycles. The van der Waals surface area contributed by atoms with Crippen LogP contribution in [0.4, 0.5) is 11.6 Å². The van der Waals surface area contributed by atoms with Gasteiger partial charge in [0.05, 0.1) is 5.02 Å². The lowest BCUT2D eigenvalue weighted by Gasteiger charge is -2.10. The smallest absolute Gasteiger partial charge is 0.212 e. The molecule has 3 nitrogen and oxygen atoms in total. The molecule has 0 aliphatic heterocycles. The first-order valence-electron chi connectivity index (χ1n) is 6.05. The van der Waals surface area contributed by atoms with Crippen molar-refractivity contribution >= 4 is 39.2 Å². The molecule has 0 fully saturated rings. The summed E-state index contributed by atoms with van der Waals surface area (Å²) in [5.41, 5.74) is 1.98. The Labute approximate surface area is 130 Å². The Morgan fingerprint density at radius 1 is 1.10 bits per heavy atom. The van der Waals surface area contributed by atoms with E-state index < -0.39 is 0 Å². The van der Waals surface area contributed by atoms with Gasteiger partial charge in [-0.1, -0.05) is 29.8 Å². The Kier molecular flexibility index (Phi) is 3.76. The Hall–Kier alpha value is -1.78. The summed E-state index contributed by atoms with van der Waals surface area (Å²) in [5.74, 6) is 0.755. The molecule has 0 aliphatic rings. The van der Waals surface area contributed by atoms with Gasteiger partial charge < -0.3 is 5.32 Å². The third-order valence-electron chi connectivity index (χ3n) is 2.85. The minimum atomic E-state index is 0.682. The first kappa shape index (κ1) is 13.2. The van der Waals surface area contributed by atoms with Crippen LogP contribution in [0.15, 0.2) is 65.4 Å². The summed E-state index contributed by atoms with van der Waals surface area (Å²) < 4.78 is 2.84. The van der Waals surface area contributed by atoms with Gasteiger partial charge in [0.25, 0.3) is 0 Å². The predicted octanol–water partition coefficient (Wildman–Crippen LogP) is 5.03. The molecular weight excluding hydrogens is 338 g/mol. The third kappa shape index (κ3) is 2.71. The summed E-state index contributed by atoms with van der Waals surface area (Å²) in [6, 6.07) is 15.7. The van der Waals surface area contributed by atoms with Crippen molar-refractivity contribution < 1.29 is 0 Å². The second-order valence-corrected chi connectivity index (χ2v) is 5.47. The van der Waals surface area contributed by atoms with Gasteiger partial charge in [-0.25, -0.2) is 4.98 Å². The summed E-state index contributed by atoms with van der Waals surface area (Å²) in [7, 11) is 0. The van der Waals surface area contributed by atoms with Crippen LogP contribution in [-0.2, 0) is 0 Å². The van der Waals surface area contributed by atoms with Crippen LogP contribution in [0, 0.1) is 0 Å². The van der Waals surface area contributed by atoms with E-state index in [1.54, 1.807) is 6.20 Å². The maximum Gasteiger partial charge on any atom is 0.212 e. The number of hydrogen-bond donors (Lipinski definition) is 1. The second kappa shape index (κ2) is 5.69. The van der Waals surface area contributed by atoms with Crippen LogP contribution < -0.4 is 5.32 Å². The van der Waals surface area contributed by atoms with E-state index in [1.165, 1.54) is 0 Å². The van der Waals surface area contributed by atoms with Crippen LogP contribution in [-0.4, -0.2) is 9.55 Å². The van der Waals surface area contributed by atoms with E-state index in [9.17, 15) is 0 Å². The van der Waals surface area contributed by atoms with Crippen molar-refractivity contribution in [2.24, 2.45) is 0 Å². The van der Waals surface area contributed by atoms with Gasteiger partial charge in [0.2, 0.25) is 5.95 Å². The predicted molar refractivity (Wildman–Crippen MR) is 86.0 cm³/mol. The molecule has 0 saturated carbocycles.